The number of anilines is 1. The van der Waals surface area contributed by atoms with Crippen molar-refractivity contribution in [3.05, 3.63) is 41.5 Å². The largest absolute Gasteiger partial charge is 0.499 e. The molecule has 0 saturated heterocycles. The number of nitrogens with one attached hydrogen (secondary N) is 1. The molecule has 0 aromatic heterocycles. The Balaban J connectivity index is 2.09. The van der Waals surface area contributed by atoms with Gasteiger partial charge in [0.05, 0.1) is 23.2 Å². The van der Waals surface area contributed by atoms with Gasteiger partial charge in [-0.3, -0.25) is 9.00 Å². The third-order valence-electron chi connectivity index (χ3n) is 2.08. The van der Waals surface area contributed by atoms with Crippen molar-refractivity contribution in [2.24, 2.45) is 0 Å². The first-order chi connectivity index (χ1) is 7.77. The topological polar surface area (TPSA) is 55.4 Å². The Labute approximate surface area is 95.8 Å². The van der Waals surface area contributed by atoms with Crippen molar-refractivity contribution >= 4 is 22.4 Å². The van der Waals surface area contributed by atoms with Gasteiger partial charge in [-0.15, -0.1) is 0 Å². The van der Waals surface area contributed by atoms with Gasteiger partial charge in [0.25, 0.3) is 5.91 Å². The van der Waals surface area contributed by atoms with Gasteiger partial charge in [-0.25, -0.2) is 0 Å². The molecule has 1 aromatic carbocycles. The molecular formula is C11H11NO3S. The third-order valence-corrected chi connectivity index (χ3v) is 3.39. The van der Waals surface area contributed by atoms with Crippen LogP contribution in [0.2, 0.25) is 0 Å². The first-order valence-corrected chi connectivity index (χ1v) is 6.16. The van der Waals surface area contributed by atoms with E-state index in [1.165, 1.54) is 6.26 Å². The maximum atomic E-state index is 11.7. The number of carbonyl (C=O) groups excluding carboxylic acids is 1. The van der Waals surface area contributed by atoms with E-state index in [0.29, 0.717) is 18.0 Å². The van der Waals surface area contributed by atoms with Gasteiger partial charge in [0.1, 0.15) is 11.2 Å². The third kappa shape index (κ3) is 2.49. The number of rotatable bonds is 2. The van der Waals surface area contributed by atoms with Crippen molar-refractivity contribution in [2.75, 3.05) is 17.7 Å². The molecule has 2 rings (SSSR count). The molecule has 0 saturated carbocycles. The van der Waals surface area contributed by atoms with Gasteiger partial charge < -0.3 is 10.1 Å². The molecule has 5 heteroatoms. The molecule has 1 heterocycles. The summed E-state index contributed by atoms with van der Waals surface area (Å²) < 4.78 is 16.5. The minimum absolute atomic E-state index is 0.190. The predicted octanol–water partition coefficient (Wildman–Crippen LogP) is 1.25. The van der Waals surface area contributed by atoms with E-state index in [2.05, 4.69) is 5.32 Å². The van der Waals surface area contributed by atoms with E-state index in [4.69, 9.17) is 4.74 Å². The molecule has 1 atom stereocenters. The lowest BCUT2D eigenvalue weighted by Crippen LogP contribution is -2.23. The fraction of sp³-hybridized carbons (Fsp3) is 0.182. The lowest BCUT2D eigenvalue weighted by molar-refractivity contribution is -0.112. The van der Waals surface area contributed by atoms with Crippen LogP contribution in [0.1, 0.15) is 0 Å². The number of amides is 1. The van der Waals surface area contributed by atoms with Crippen LogP contribution < -0.4 is 5.32 Å². The van der Waals surface area contributed by atoms with Crippen molar-refractivity contribution in [1.82, 2.24) is 0 Å². The number of hydrogen-bond acceptors (Lipinski definition) is 3. The minimum atomic E-state index is -1.26. The fourth-order valence-electron chi connectivity index (χ4n) is 1.29. The molecule has 0 radical (unpaired) electrons. The van der Waals surface area contributed by atoms with Gasteiger partial charge in [-0.2, -0.15) is 0 Å². The first-order valence-electron chi connectivity index (χ1n) is 4.84. The Morgan fingerprint density at radius 3 is 2.75 bits per heavy atom. The fourth-order valence-corrected chi connectivity index (χ4v) is 2.19. The average molecular weight is 237 g/mol. The maximum Gasteiger partial charge on any atom is 0.267 e. The second-order valence-electron chi connectivity index (χ2n) is 3.22. The SMILES string of the molecule is O=C(Nc1ccccc1)C1=COCCS1=O. The predicted molar refractivity (Wildman–Crippen MR) is 62.1 cm³/mol. The lowest BCUT2D eigenvalue weighted by Gasteiger charge is -2.13. The smallest absolute Gasteiger partial charge is 0.267 e. The Hall–Kier alpha value is -1.62. The van der Waals surface area contributed by atoms with Crippen LogP contribution in [0.25, 0.3) is 0 Å². The maximum absolute atomic E-state index is 11.7. The molecular weight excluding hydrogens is 226 g/mol. The van der Waals surface area contributed by atoms with Gasteiger partial charge in [0.2, 0.25) is 0 Å². The number of ether oxygens (including phenoxy) is 1. The van der Waals surface area contributed by atoms with Crippen LogP contribution in [0.15, 0.2) is 41.5 Å². The Morgan fingerprint density at radius 2 is 2.06 bits per heavy atom. The van der Waals surface area contributed by atoms with Crippen molar-refractivity contribution in [3.63, 3.8) is 0 Å². The summed E-state index contributed by atoms with van der Waals surface area (Å²) in [5.41, 5.74) is 0.677. The van der Waals surface area contributed by atoms with Crippen LogP contribution >= 0.6 is 0 Å². The van der Waals surface area contributed by atoms with Crippen LogP contribution in [0.4, 0.5) is 5.69 Å². The molecule has 0 aliphatic carbocycles. The number of hydrogen-bond donors (Lipinski definition) is 1. The zero-order chi connectivity index (χ0) is 11.4. The van der Waals surface area contributed by atoms with E-state index >= 15 is 0 Å². The van der Waals surface area contributed by atoms with Crippen molar-refractivity contribution in [1.29, 1.82) is 0 Å². The molecule has 0 spiro atoms. The first kappa shape index (κ1) is 10.9. The summed E-state index contributed by atoms with van der Waals surface area (Å²) in [7, 11) is -1.26. The van der Waals surface area contributed by atoms with Crippen LogP contribution in [-0.2, 0) is 20.3 Å². The van der Waals surface area contributed by atoms with Crippen molar-refractivity contribution in [3.8, 4) is 0 Å². The highest BCUT2D eigenvalue weighted by atomic mass is 32.2. The van der Waals surface area contributed by atoms with Gasteiger partial charge in [-0.05, 0) is 12.1 Å². The van der Waals surface area contributed by atoms with E-state index in [1.807, 2.05) is 18.2 Å². The zero-order valence-corrected chi connectivity index (χ0v) is 9.33. The highest BCUT2D eigenvalue weighted by Crippen LogP contribution is 2.12. The van der Waals surface area contributed by atoms with E-state index in [9.17, 15) is 9.00 Å². The van der Waals surface area contributed by atoms with E-state index in [-0.39, 0.29) is 10.8 Å². The van der Waals surface area contributed by atoms with E-state index in [0.717, 1.165) is 0 Å². The molecule has 1 aliphatic rings. The zero-order valence-electron chi connectivity index (χ0n) is 8.51. The lowest BCUT2D eigenvalue weighted by atomic mass is 10.3. The van der Waals surface area contributed by atoms with Crippen LogP contribution in [-0.4, -0.2) is 22.5 Å². The quantitative estimate of drug-likeness (QED) is 0.842. The molecule has 1 aromatic rings. The van der Waals surface area contributed by atoms with Crippen molar-refractivity contribution < 1.29 is 13.7 Å². The summed E-state index contributed by atoms with van der Waals surface area (Å²) in [6, 6.07) is 9.03. The summed E-state index contributed by atoms with van der Waals surface area (Å²) in [5.74, 6) is -0.00199. The summed E-state index contributed by atoms with van der Waals surface area (Å²) in [5, 5.41) is 2.66. The van der Waals surface area contributed by atoms with E-state index in [1.54, 1.807) is 12.1 Å². The van der Waals surface area contributed by atoms with Gasteiger partial charge >= 0.3 is 0 Å². The van der Waals surface area contributed by atoms with Gasteiger partial charge in [-0.1, -0.05) is 18.2 Å². The summed E-state index contributed by atoms with van der Waals surface area (Å²) in [4.78, 5) is 11.9. The summed E-state index contributed by atoms with van der Waals surface area (Å²) >= 11 is 0. The molecule has 1 amide bonds. The van der Waals surface area contributed by atoms with Crippen LogP contribution in [0, 0.1) is 0 Å². The second kappa shape index (κ2) is 4.94. The van der Waals surface area contributed by atoms with E-state index < -0.39 is 10.8 Å². The molecule has 16 heavy (non-hydrogen) atoms. The number of benzene rings is 1. The number of para-hydroxylation sites is 1. The summed E-state index contributed by atoms with van der Waals surface area (Å²) in [6.07, 6.45) is 1.28. The average Bonchev–Trinajstić information content (AvgIpc) is 2.31. The standard InChI is InChI=1S/C11H11NO3S/c13-11(10-8-15-6-7-16(10)14)12-9-4-2-1-3-5-9/h1-5,8H,6-7H2,(H,12,13). The van der Waals surface area contributed by atoms with Gasteiger partial charge in [0, 0.05) is 5.69 Å². The Bertz CT molecular complexity index is 442. The Morgan fingerprint density at radius 1 is 1.31 bits per heavy atom. The van der Waals surface area contributed by atoms with Gasteiger partial charge in [0.15, 0.2) is 0 Å². The summed E-state index contributed by atoms with van der Waals surface area (Å²) in [6.45, 7) is 0.398. The highest BCUT2D eigenvalue weighted by molar-refractivity contribution is 7.90. The molecule has 0 fully saturated rings. The normalized spacial score (nSPS) is 19.5. The molecule has 1 N–H and O–H groups in total. The second-order valence-corrected chi connectivity index (χ2v) is 4.76. The molecule has 4 nitrogen and oxygen atoms in total. The van der Waals surface area contributed by atoms with Crippen LogP contribution in [0.3, 0.4) is 0 Å². The van der Waals surface area contributed by atoms with Crippen LogP contribution in [0.5, 0.6) is 0 Å². The highest BCUT2D eigenvalue weighted by Gasteiger charge is 2.20. The minimum Gasteiger partial charge on any atom is -0.499 e. The monoisotopic (exact) mass is 237 g/mol. The molecule has 1 unspecified atom stereocenters. The molecule has 1 aliphatic heterocycles. The Kier molecular flexibility index (Phi) is 3.36. The molecule has 84 valence electrons. The molecule has 0 bridgehead atoms. The number of carbonyl (C=O) groups is 1. The van der Waals surface area contributed by atoms with Crippen molar-refractivity contribution in [2.45, 2.75) is 0 Å².